The maximum atomic E-state index is 8.39. The van der Waals surface area contributed by atoms with E-state index in [-0.39, 0.29) is 12.6 Å². The first kappa shape index (κ1) is 16.0. The molecule has 0 bridgehead atoms. The number of fused-ring (bicyclic) bond motifs is 2. The third kappa shape index (κ3) is 3.89. The number of rotatable bonds is 5. The van der Waals surface area contributed by atoms with Gasteiger partial charge in [-0.15, -0.1) is 0 Å². The molecule has 1 aromatic carbocycles. The highest BCUT2D eigenvalue weighted by molar-refractivity contribution is 5.79. The zero-order valence-electron chi connectivity index (χ0n) is 13.5. The molecular weight excluding hydrogens is 304 g/mol. The number of pyridine rings is 1. The second-order valence-electron chi connectivity index (χ2n) is 5.60. The topological polar surface area (TPSA) is 78.4 Å². The summed E-state index contributed by atoms with van der Waals surface area (Å²) in [6.07, 6.45) is 3.61. The number of ether oxygens (including phenoxy) is 1. The largest absolute Gasteiger partial charge is 0.462 e. The summed E-state index contributed by atoms with van der Waals surface area (Å²) in [5, 5.41) is 18.6. The van der Waals surface area contributed by atoms with E-state index in [4.69, 9.17) is 9.84 Å². The predicted molar refractivity (Wildman–Crippen MR) is 94.9 cm³/mol. The molecule has 1 aliphatic heterocycles. The molecule has 1 aliphatic rings. The summed E-state index contributed by atoms with van der Waals surface area (Å²) in [6.45, 7) is 3.49. The van der Waals surface area contributed by atoms with Crippen LogP contribution in [0.1, 0.15) is 12.5 Å². The summed E-state index contributed by atoms with van der Waals surface area (Å²) in [5.41, 5.74) is 4.17. The molecule has 4 N–H and O–H groups in total. The molecule has 0 aliphatic carbocycles. The van der Waals surface area contributed by atoms with Crippen molar-refractivity contribution in [3.8, 4) is 12.0 Å². The van der Waals surface area contributed by atoms with Crippen LogP contribution in [0, 0.1) is 12.0 Å². The summed E-state index contributed by atoms with van der Waals surface area (Å²) in [5.74, 6) is 3.34. The Bertz CT molecular complexity index is 767. The van der Waals surface area contributed by atoms with E-state index in [2.05, 4.69) is 39.0 Å². The highest BCUT2D eigenvalue weighted by Gasteiger charge is 2.13. The maximum absolute atomic E-state index is 8.39. The van der Waals surface area contributed by atoms with E-state index < -0.39 is 0 Å². The second kappa shape index (κ2) is 7.57. The van der Waals surface area contributed by atoms with Gasteiger partial charge in [0.05, 0.1) is 18.0 Å². The number of nitrogens with one attached hydrogen (secondary N) is 3. The summed E-state index contributed by atoms with van der Waals surface area (Å²) >= 11 is 0. The summed E-state index contributed by atoms with van der Waals surface area (Å²) in [7, 11) is 0. The third-order valence-electron chi connectivity index (χ3n) is 3.67. The number of aromatic nitrogens is 1. The molecule has 6 nitrogen and oxygen atoms in total. The van der Waals surface area contributed by atoms with Crippen LogP contribution in [-0.4, -0.2) is 29.3 Å². The Morgan fingerprint density at radius 2 is 2.29 bits per heavy atom. The first-order chi connectivity index (χ1) is 11.8. The van der Waals surface area contributed by atoms with E-state index in [9.17, 15) is 0 Å². The van der Waals surface area contributed by atoms with Crippen LogP contribution in [0.2, 0.25) is 0 Å². The monoisotopic (exact) mass is 324 g/mol. The van der Waals surface area contributed by atoms with Crippen molar-refractivity contribution in [3.63, 3.8) is 0 Å². The van der Waals surface area contributed by atoms with Gasteiger partial charge in [0, 0.05) is 30.0 Å². The van der Waals surface area contributed by atoms with Crippen molar-refractivity contribution >= 4 is 22.9 Å². The number of aliphatic hydroxyl groups excluding tert-OH is 1. The fraction of sp³-hybridized carbons (Fsp3) is 0.278. The molecule has 0 radical (unpaired) electrons. The lowest BCUT2D eigenvalue weighted by Gasteiger charge is -2.17. The van der Waals surface area contributed by atoms with Crippen molar-refractivity contribution in [2.24, 2.45) is 0 Å². The van der Waals surface area contributed by atoms with Crippen LogP contribution < -0.4 is 16.0 Å². The van der Waals surface area contributed by atoms with E-state index in [1.165, 1.54) is 0 Å². The molecule has 3 rings (SSSR count). The molecule has 0 saturated carbocycles. The van der Waals surface area contributed by atoms with E-state index in [0.29, 0.717) is 6.61 Å². The van der Waals surface area contributed by atoms with Gasteiger partial charge in [-0.25, -0.2) is 4.98 Å². The van der Waals surface area contributed by atoms with Crippen molar-refractivity contribution in [3.05, 3.63) is 42.1 Å². The van der Waals surface area contributed by atoms with Crippen LogP contribution in [-0.2, 0) is 11.3 Å². The Labute approximate surface area is 141 Å². The molecule has 0 saturated heterocycles. The van der Waals surface area contributed by atoms with Crippen LogP contribution in [0.15, 0.2) is 36.5 Å². The predicted octanol–water partition coefficient (Wildman–Crippen LogP) is 2.90. The molecule has 1 atom stereocenters. The number of hydrogen-bond donors (Lipinski definition) is 4. The van der Waals surface area contributed by atoms with Crippen molar-refractivity contribution < 1.29 is 9.84 Å². The van der Waals surface area contributed by atoms with Gasteiger partial charge in [0.25, 0.3) is 0 Å². The van der Waals surface area contributed by atoms with Gasteiger partial charge in [0.2, 0.25) is 0 Å². The Hall–Kier alpha value is -2.91. The number of anilines is 4. The number of nitrogens with zero attached hydrogens (tertiary/aromatic N) is 1. The Kier molecular flexibility index (Phi) is 5.04. The second-order valence-corrected chi connectivity index (χ2v) is 5.60. The van der Waals surface area contributed by atoms with Crippen molar-refractivity contribution in [2.45, 2.75) is 19.5 Å². The van der Waals surface area contributed by atoms with Gasteiger partial charge in [-0.05, 0) is 37.1 Å². The molecule has 0 amide bonds. The molecular formula is C18H20N4O2. The molecule has 0 fully saturated rings. The van der Waals surface area contributed by atoms with Crippen LogP contribution >= 0.6 is 0 Å². The lowest BCUT2D eigenvalue weighted by Crippen LogP contribution is -2.21. The fourth-order valence-electron chi connectivity index (χ4n) is 2.55. The number of aliphatic hydroxyl groups is 1. The quantitative estimate of drug-likeness (QED) is 0.500. The minimum Gasteiger partial charge on any atom is -0.462 e. The van der Waals surface area contributed by atoms with Crippen LogP contribution in [0.3, 0.4) is 0 Å². The van der Waals surface area contributed by atoms with Crippen molar-refractivity contribution in [1.29, 1.82) is 0 Å². The van der Waals surface area contributed by atoms with E-state index in [1.807, 2.05) is 31.2 Å². The lowest BCUT2D eigenvalue weighted by atomic mass is 10.2. The zero-order valence-corrected chi connectivity index (χ0v) is 13.5. The van der Waals surface area contributed by atoms with Gasteiger partial charge in [-0.2, -0.15) is 0 Å². The van der Waals surface area contributed by atoms with Crippen molar-refractivity contribution in [1.82, 2.24) is 4.98 Å². The van der Waals surface area contributed by atoms with Crippen LogP contribution in [0.5, 0.6) is 0 Å². The summed E-state index contributed by atoms with van der Waals surface area (Å²) in [6, 6.07) is 10.2. The van der Waals surface area contributed by atoms with E-state index >= 15 is 0 Å². The molecule has 1 unspecified atom stereocenters. The van der Waals surface area contributed by atoms with E-state index in [0.717, 1.165) is 35.0 Å². The van der Waals surface area contributed by atoms with Gasteiger partial charge < -0.3 is 25.8 Å². The van der Waals surface area contributed by atoms with Gasteiger partial charge >= 0.3 is 0 Å². The molecule has 2 aromatic rings. The number of hydrogen-bond acceptors (Lipinski definition) is 6. The average molecular weight is 324 g/mol. The minimum absolute atomic E-state index is 0.126. The fourth-order valence-corrected chi connectivity index (χ4v) is 2.55. The van der Waals surface area contributed by atoms with Gasteiger partial charge in [0.1, 0.15) is 18.5 Å². The molecule has 2 heterocycles. The Morgan fingerprint density at radius 1 is 1.38 bits per heavy atom. The van der Waals surface area contributed by atoms with Crippen LogP contribution in [0.25, 0.3) is 0 Å². The first-order valence-corrected chi connectivity index (χ1v) is 7.81. The highest BCUT2D eigenvalue weighted by atomic mass is 16.5. The standard InChI is InChI=1S/C18H20N4O2/c1-13(12-24-9-3-8-23)21-15-5-6-16-17(10-15)20-11-14-4-2-7-19-18(14)22-16/h2,4-7,10,13,20-21,23H,9,11-12H2,1H3,(H,19,22). The normalized spacial score (nSPS) is 13.0. The molecule has 124 valence electrons. The van der Waals surface area contributed by atoms with Crippen LogP contribution in [0.4, 0.5) is 22.9 Å². The van der Waals surface area contributed by atoms with E-state index in [1.54, 1.807) is 6.20 Å². The maximum Gasteiger partial charge on any atom is 0.135 e. The highest BCUT2D eigenvalue weighted by Crippen LogP contribution is 2.32. The smallest absolute Gasteiger partial charge is 0.135 e. The summed E-state index contributed by atoms with van der Waals surface area (Å²) in [4.78, 5) is 4.39. The Balaban J connectivity index is 1.65. The van der Waals surface area contributed by atoms with Gasteiger partial charge in [0.15, 0.2) is 0 Å². The number of benzene rings is 1. The van der Waals surface area contributed by atoms with Crippen molar-refractivity contribution in [2.75, 3.05) is 29.2 Å². The lowest BCUT2D eigenvalue weighted by molar-refractivity contribution is 0.159. The van der Waals surface area contributed by atoms with Gasteiger partial charge in [-0.3, -0.25) is 0 Å². The summed E-state index contributed by atoms with van der Waals surface area (Å²) < 4.78 is 5.35. The average Bonchev–Trinajstić information content (AvgIpc) is 2.78. The molecule has 1 aromatic heterocycles. The SMILES string of the molecule is CC(COCC#CO)Nc1ccc2c(c1)NCc1cccnc1N2. The van der Waals surface area contributed by atoms with Gasteiger partial charge in [-0.1, -0.05) is 6.07 Å². The third-order valence-corrected chi connectivity index (χ3v) is 3.67. The minimum atomic E-state index is 0.126. The zero-order chi connectivity index (χ0) is 16.8. The molecule has 6 heteroatoms. The first-order valence-electron chi connectivity index (χ1n) is 7.81. The molecule has 24 heavy (non-hydrogen) atoms. The molecule has 0 spiro atoms. The Morgan fingerprint density at radius 3 is 3.17 bits per heavy atom.